The Morgan fingerprint density at radius 1 is 1.07 bits per heavy atom. The maximum absolute atomic E-state index is 13.1. The fourth-order valence-corrected chi connectivity index (χ4v) is 3.37. The summed E-state index contributed by atoms with van der Waals surface area (Å²) in [6.45, 7) is 1.78. The first-order valence-electron chi connectivity index (χ1n) is 10.1. The SMILES string of the molecule is Cc1ccccc1NC(=O)Cn1c(=O)c(CCC(=O)NC2CC2)nc2ccccc21. The smallest absolute Gasteiger partial charge is 0.273 e. The van der Waals surface area contributed by atoms with Crippen LogP contribution < -0.4 is 16.2 Å². The van der Waals surface area contributed by atoms with E-state index in [2.05, 4.69) is 15.6 Å². The van der Waals surface area contributed by atoms with Crippen molar-refractivity contribution in [2.24, 2.45) is 0 Å². The molecule has 0 radical (unpaired) electrons. The van der Waals surface area contributed by atoms with Gasteiger partial charge in [-0.25, -0.2) is 4.98 Å². The number of nitrogens with one attached hydrogen (secondary N) is 2. The number of anilines is 1. The van der Waals surface area contributed by atoms with E-state index in [1.807, 2.05) is 43.3 Å². The van der Waals surface area contributed by atoms with E-state index in [9.17, 15) is 14.4 Å². The summed E-state index contributed by atoms with van der Waals surface area (Å²) in [6.07, 6.45) is 2.47. The van der Waals surface area contributed by atoms with E-state index >= 15 is 0 Å². The van der Waals surface area contributed by atoms with Gasteiger partial charge in [-0.1, -0.05) is 30.3 Å². The van der Waals surface area contributed by atoms with Crippen LogP contribution in [0.25, 0.3) is 11.0 Å². The molecule has 1 fully saturated rings. The van der Waals surface area contributed by atoms with E-state index in [4.69, 9.17) is 0 Å². The first-order valence-corrected chi connectivity index (χ1v) is 10.1. The molecule has 1 aliphatic rings. The van der Waals surface area contributed by atoms with Crippen molar-refractivity contribution >= 4 is 28.5 Å². The van der Waals surface area contributed by atoms with Gasteiger partial charge in [-0.3, -0.25) is 19.0 Å². The molecule has 154 valence electrons. The zero-order valence-electron chi connectivity index (χ0n) is 16.9. The van der Waals surface area contributed by atoms with Crippen LogP contribution >= 0.6 is 0 Å². The summed E-state index contributed by atoms with van der Waals surface area (Å²) in [7, 11) is 0. The van der Waals surface area contributed by atoms with Gasteiger partial charge in [0.1, 0.15) is 12.2 Å². The highest BCUT2D eigenvalue weighted by Crippen LogP contribution is 2.19. The molecule has 0 unspecified atom stereocenters. The molecule has 1 aromatic heterocycles. The number of hydrogen-bond donors (Lipinski definition) is 2. The summed E-state index contributed by atoms with van der Waals surface area (Å²) in [6, 6.07) is 15.0. The standard InChI is InChI=1S/C23H24N4O3/c1-15-6-2-3-7-17(15)26-22(29)14-27-20-9-5-4-8-18(20)25-19(23(27)30)12-13-21(28)24-16-10-11-16/h2-9,16H,10-14H2,1H3,(H,24,28)(H,26,29). The summed E-state index contributed by atoms with van der Waals surface area (Å²) in [4.78, 5) is 42.2. The van der Waals surface area contributed by atoms with Crippen molar-refractivity contribution in [3.8, 4) is 0 Å². The van der Waals surface area contributed by atoms with Gasteiger partial charge in [0, 0.05) is 24.6 Å². The third kappa shape index (κ3) is 4.56. The Labute approximate surface area is 174 Å². The Morgan fingerprint density at radius 2 is 1.80 bits per heavy atom. The van der Waals surface area contributed by atoms with Crippen LogP contribution in [0.1, 0.15) is 30.5 Å². The molecule has 0 bridgehead atoms. The minimum Gasteiger partial charge on any atom is -0.353 e. The van der Waals surface area contributed by atoms with Gasteiger partial charge < -0.3 is 10.6 Å². The van der Waals surface area contributed by atoms with Crippen molar-refractivity contribution in [3.63, 3.8) is 0 Å². The van der Waals surface area contributed by atoms with Crippen molar-refractivity contribution < 1.29 is 9.59 Å². The lowest BCUT2D eigenvalue weighted by Crippen LogP contribution is -2.32. The molecule has 2 aromatic carbocycles. The number of para-hydroxylation sites is 3. The van der Waals surface area contributed by atoms with Crippen LogP contribution in [-0.4, -0.2) is 27.4 Å². The van der Waals surface area contributed by atoms with Gasteiger partial charge in [-0.05, 0) is 43.5 Å². The molecule has 0 aliphatic heterocycles. The fourth-order valence-electron chi connectivity index (χ4n) is 3.37. The third-order valence-corrected chi connectivity index (χ3v) is 5.17. The molecular formula is C23H24N4O3. The predicted octanol–water partition coefficient (Wildman–Crippen LogP) is 2.55. The van der Waals surface area contributed by atoms with Crippen LogP contribution in [0.4, 0.5) is 5.69 Å². The lowest BCUT2D eigenvalue weighted by Gasteiger charge is -2.13. The number of amides is 2. The van der Waals surface area contributed by atoms with Gasteiger partial charge in [-0.15, -0.1) is 0 Å². The summed E-state index contributed by atoms with van der Waals surface area (Å²) in [5, 5.41) is 5.79. The van der Waals surface area contributed by atoms with Crippen molar-refractivity contribution in [2.75, 3.05) is 5.32 Å². The number of carbonyl (C=O) groups is 2. The summed E-state index contributed by atoms with van der Waals surface area (Å²) >= 11 is 0. The molecule has 0 spiro atoms. The molecule has 30 heavy (non-hydrogen) atoms. The van der Waals surface area contributed by atoms with Crippen LogP contribution in [-0.2, 0) is 22.6 Å². The van der Waals surface area contributed by atoms with Crippen molar-refractivity contribution in [3.05, 3.63) is 70.1 Å². The molecular weight excluding hydrogens is 380 g/mol. The molecule has 2 amide bonds. The number of nitrogens with zero attached hydrogens (tertiary/aromatic N) is 2. The maximum Gasteiger partial charge on any atom is 0.273 e. The van der Waals surface area contributed by atoms with E-state index in [1.54, 1.807) is 12.1 Å². The minimum absolute atomic E-state index is 0.0734. The van der Waals surface area contributed by atoms with Gasteiger partial charge in [0.2, 0.25) is 11.8 Å². The predicted molar refractivity (Wildman–Crippen MR) is 115 cm³/mol. The number of benzene rings is 2. The Balaban J connectivity index is 1.58. The van der Waals surface area contributed by atoms with Gasteiger partial charge in [0.25, 0.3) is 5.56 Å². The molecule has 1 saturated carbocycles. The average Bonchev–Trinajstić information content (AvgIpc) is 3.54. The zero-order valence-corrected chi connectivity index (χ0v) is 16.9. The van der Waals surface area contributed by atoms with Gasteiger partial charge in [-0.2, -0.15) is 0 Å². The molecule has 1 aliphatic carbocycles. The molecule has 1 heterocycles. The highest BCUT2D eigenvalue weighted by Gasteiger charge is 2.23. The Hall–Kier alpha value is -3.48. The fraction of sp³-hybridized carbons (Fsp3) is 0.304. The lowest BCUT2D eigenvalue weighted by atomic mass is 10.2. The molecule has 4 rings (SSSR count). The largest absolute Gasteiger partial charge is 0.353 e. The third-order valence-electron chi connectivity index (χ3n) is 5.17. The highest BCUT2D eigenvalue weighted by molar-refractivity contribution is 5.92. The van der Waals surface area contributed by atoms with Crippen LogP contribution in [0, 0.1) is 6.92 Å². The molecule has 0 saturated heterocycles. The number of carbonyl (C=O) groups excluding carboxylic acids is 2. The molecule has 3 aromatic rings. The summed E-state index contributed by atoms with van der Waals surface area (Å²) in [5.41, 5.74) is 2.83. The van der Waals surface area contributed by atoms with E-state index in [0.717, 1.165) is 18.4 Å². The average molecular weight is 404 g/mol. The number of rotatable bonds is 7. The van der Waals surface area contributed by atoms with Crippen LogP contribution in [0.2, 0.25) is 0 Å². The number of hydrogen-bond acceptors (Lipinski definition) is 4. The highest BCUT2D eigenvalue weighted by atomic mass is 16.2. The van der Waals surface area contributed by atoms with Crippen molar-refractivity contribution in [2.45, 2.75) is 45.2 Å². The van der Waals surface area contributed by atoms with Gasteiger partial charge >= 0.3 is 0 Å². The van der Waals surface area contributed by atoms with E-state index in [0.29, 0.717) is 22.4 Å². The van der Waals surface area contributed by atoms with Crippen molar-refractivity contribution in [1.82, 2.24) is 14.9 Å². The lowest BCUT2D eigenvalue weighted by molar-refractivity contribution is -0.121. The van der Waals surface area contributed by atoms with Crippen molar-refractivity contribution in [1.29, 1.82) is 0 Å². The second-order valence-corrected chi connectivity index (χ2v) is 7.64. The van der Waals surface area contributed by atoms with E-state index in [1.165, 1.54) is 4.57 Å². The Bertz CT molecular complexity index is 1160. The molecule has 7 heteroatoms. The molecule has 0 atom stereocenters. The zero-order chi connectivity index (χ0) is 21.1. The minimum atomic E-state index is -0.340. The molecule has 7 nitrogen and oxygen atoms in total. The Morgan fingerprint density at radius 3 is 2.57 bits per heavy atom. The monoisotopic (exact) mass is 404 g/mol. The summed E-state index contributed by atoms with van der Waals surface area (Å²) < 4.78 is 1.43. The van der Waals surface area contributed by atoms with E-state index in [-0.39, 0.29) is 42.8 Å². The quantitative estimate of drug-likeness (QED) is 0.633. The van der Waals surface area contributed by atoms with Gasteiger partial charge in [0.05, 0.1) is 11.0 Å². The number of fused-ring (bicyclic) bond motifs is 1. The second-order valence-electron chi connectivity index (χ2n) is 7.64. The number of aryl methyl sites for hydroxylation is 2. The Kier molecular flexibility index (Phi) is 5.61. The molecule has 2 N–H and O–H groups in total. The number of aromatic nitrogens is 2. The normalized spacial score (nSPS) is 13.2. The first-order chi connectivity index (χ1) is 14.5. The summed E-state index contributed by atoms with van der Waals surface area (Å²) in [5.74, 6) is -0.365. The first kappa shape index (κ1) is 19.8. The van der Waals surface area contributed by atoms with Crippen LogP contribution in [0.3, 0.4) is 0 Å². The van der Waals surface area contributed by atoms with E-state index < -0.39 is 0 Å². The topological polar surface area (TPSA) is 93.1 Å². The van der Waals surface area contributed by atoms with Crippen LogP contribution in [0.5, 0.6) is 0 Å². The maximum atomic E-state index is 13.1. The van der Waals surface area contributed by atoms with Gasteiger partial charge in [0.15, 0.2) is 0 Å². The van der Waals surface area contributed by atoms with Crippen LogP contribution in [0.15, 0.2) is 53.3 Å². The second kappa shape index (κ2) is 8.49.